The molecular weight excluding hydrogens is 435 g/mol. The SMILES string of the molecule is CNc1nc2nnc(-c3cccc(I)c3)n2c2cc([N+](=O)[O-])ccc12. The third-order valence-corrected chi connectivity index (χ3v) is 4.54. The Morgan fingerprint density at radius 2 is 2.04 bits per heavy atom. The molecule has 124 valence electrons. The number of nitrogens with one attached hydrogen (secondary N) is 1. The molecular formula is C16H11IN6O2. The van der Waals surface area contributed by atoms with E-state index in [-0.39, 0.29) is 5.69 Å². The number of nitrogens with zero attached hydrogens (tertiary/aromatic N) is 5. The average Bonchev–Trinajstić information content (AvgIpc) is 3.04. The van der Waals surface area contributed by atoms with Gasteiger partial charge in [-0.2, -0.15) is 4.98 Å². The zero-order chi connectivity index (χ0) is 17.6. The fraction of sp³-hybridized carbons (Fsp3) is 0.0625. The highest BCUT2D eigenvalue weighted by Crippen LogP contribution is 2.30. The van der Waals surface area contributed by atoms with Gasteiger partial charge < -0.3 is 5.32 Å². The van der Waals surface area contributed by atoms with E-state index in [2.05, 4.69) is 43.1 Å². The van der Waals surface area contributed by atoms with Gasteiger partial charge in [0.25, 0.3) is 11.5 Å². The number of hydrogen-bond acceptors (Lipinski definition) is 6. The molecule has 0 aliphatic heterocycles. The number of anilines is 1. The van der Waals surface area contributed by atoms with Gasteiger partial charge in [0.15, 0.2) is 5.82 Å². The zero-order valence-corrected chi connectivity index (χ0v) is 15.1. The molecule has 25 heavy (non-hydrogen) atoms. The predicted molar refractivity (Wildman–Crippen MR) is 103 cm³/mol. The smallest absolute Gasteiger partial charge is 0.271 e. The molecule has 0 spiro atoms. The standard InChI is InChI=1S/C16H11IN6O2/c1-18-14-12-6-5-11(23(24)25)8-13(12)22-15(20-21-16(22)19-14)9-3-2-4-10(17)7-9/h2-8H,1H3,(H,18,19,21). The Labute approximate surface area is 155 Å². The molecule has 0 radical (unpaired) electrons. The fourth-order valence-corrected chi connectivity index (χ4v) is 3.30. The third-order valence-electron chi connectivity index (χ3n) is 3.87. The molecule has 1 N–H and O–H groups in total. The summed E-state index contributed by atoms with van der Waals surface area (Å²) in [4.78, 5) is 15.3. The Balaban J connectivity index is 2.13. The number of rotatable bonds is 3. The van der Waals surface area contributed by atoms with Gasteiger partial charge in [0.1, 0.15) is 5.82 Å². The topological polar surface area (TPSA) is 98.2 Å². The number of aromatic nitrogens is 4. The summed E-state index contributed by atoms with van der Waals surface area (Å²) in [5.41, 5.74) is 1.50. The lowest BCUT2D eigenvalue weighted by Gasteiger charge is -2.09. The molecule has 9 heteroatoms. The molecule has 0 unspecified atom stereocenters. The maximum Gasteiger partial charge on any atom is 0.271 e. The lowest BCUT2D eigenvalue weighted by molar-refractivity contribution is -0.384. The molecule has 0 aliphatic rings. The Hall–Kier alpha value is -2.82. The van der Waals surface area contributed by atoms with Crippen molar-refractivity contribution in [2.45, 2.75) is 0 Å². The van der Waals surface area contributed by atoms with Crippen LogP contribution in [0.2, 0.25) is 0 Å². The van der Waals surface area contributed by atoms with E-state index < -0.39 is 4.92 Å². The summed E-state index contributed by atoms with van der Waals surface area (Å²) in [6.45, 7) is 0. The van der Waals surface area contributed by atoms with Crippen molar-refractivity contribution in [3.05, 3.63) is 56.1 Å². The first-order valence-electron chi connectivity index (χ1n) is 7.35. The predicted octanol–water partition coefficient (Wildman–Crippen LogP) is 3.50. The third kappa shape index (κ3) is 2.56. The second-order valence-electron chi connectivity index (χ2n) is 5.34. The Kier molecular flexibility index (Phi) is 3.71. The maximum absolute atomic E-state index is 11.2. The van der Waals surface area contributed by atoms with Gasteiger partial charge >= 0.3 is 0 Å². The van der Waals surface area contributed by atoms with Crippen LogP contribution < -0.4 is 5.32 Å². The Bertz CT molecular complexity index is 1140. The van der Waals surface area contributed by atoms with Crippen molar-refractivity contribution in [3.63, 3.8) is 0 Å². The van der Waals surface area contributed by atoms with E-state index in [0.29, 0.717) is 22.9 Å². The monoisotopic (exact) mass is 446 g/mol. The minimum absolute atomic E-state index is 0.00402. The van der Waals surface area contributed by atoms with Gasteiger partial charge in [-0.3, -0.25) is 14.5 Å². The number of benzene rings is 2. The van der Waals surface area contributed by atoms with E-state index in [1.165, 1.54) is 12.1 Å². The van der Waals surface area contributed by atoms with Crippen LogP contribution in [0, 0.1) is 13.7 Å². The number of hydrogen-bond donors (Lipinski definition) is 1. The average molecular weight is 446 g/mol. The minimum atomic E-state index is -0.416. The highest BCUT2D eigenvalue weighted by Gasteiger charge is 2.17. The van der Waals surface area contributed by atoms with Crippen LogP contribution in [-0.2, 0) is 0 Å². The van der Waals surface area contributed by atoms with Crippen LogP contribution in [0.4, 0.5) is 11.5 Å². The van der Waals surface area contributed by atoms with Gasteiger partial charge in [0.05, 0.1) is 10.4 Å². The normalized spacial score (nSPS) is 11.1. The van der Waals surface area contributed by atoms with Crippen molar-refractivity contribution in [2.75, 3.05) is 12.4 Å². The van der Waals surface area contributed by atoms with Crippen molar-refractivity contribution in [3.8, 4) is 11.4 Å². The van der Waals surface area contributed by atoms with Crippen LogP contribution in [0.1, 0.15) is 0 Å². The molecule has 0 amide bonds. The van der Waals surface area contributed by atoms with Crippen LogP contribution >= 0.6 is 22.6 Å². The Morgan fingerprint density at radius 3 is 2.76 bits per heavy atom. The number of nitro groups is 1. The fourth-order valence-electron chi connectivity index (χ4n) is 2.75. The van der Waals surface area contributed by atoms with Gasteiger partial charge in [0, 0.05) is 33.7 Å². The molecule has 8 nitrogen and oxygen atoms in total. The van der Waals surface area contributed by atoms with Crippen LogP contribution in [0.5, 0.6) is 0 Å². The van der Waals surface area contributed by atoms with Crippen LogP contribution in [0.25, 0.3) is 28.1 Å². The molecule has 2 heterocycles. The molecule has 0 fully saturated rings. The molecule has 4 rings (SSSR count). The van der Waals surface area contributed by atoms with Gasteiger partial charge in [-0.05, 0) is 40.8 Å². The number of halogens is 1. The first-order chi connectivity index (χ1) is 12.1. The summed E-state index contributed by atoms with van der Waals surface area (Å²) >= 11 is 2.23. The Morgan fingerprint density at radius 1 is 1.20 bits per heavy atom. The maximum atomic E-state index is 11.2. The summed E-state index contributed by atoms with van der Waals surface area (Å²) in [5, 5.41) is 23.4. The highest BCUT2D eigenvalue weighted by molar-refractivity contribution is 14.1. The lowest BCUT2D eigenvalue weighted by Crippen LogP contribution is -2.01. The molecule has 0 saturated carbocycles. The molecule has 4 aromatic rings. The van der Waals surface area contributed by atoms with Gasteiger partial charge in [-0.1, -0.05) is 12.1 Å². The molecule has 2 aromatic heterocycles. The first-order valence-corrected chi connectivity index (χ1v) is 8.43. The van der Waals surface area contributed by atoms with E-state index in [9.17, 15) is 10.1 Å². The number of non-ortho nitro benzene ring substituents is 1. The number of nitro benzene ring substituents is 1. The van der Waals surface area contributed by atoms with Gasteiger partial charge in [-0.15, -0.1) is 10.2 Å². The lowest BCUT2D eigenvalue weighted by atomic mass is 10.2. The van der Waals surface area contributed by atoms with Crippen LogP contribution in [0.15, 0.2) is 42.5 Å². The quantitative estimate of drug-likeness (QED) is 0.294. The highest BCUT2D eigenvalue weighted by atomic mass is 127. The van der Waals surface area contributed by atoms with Crippen LogP contribution in [0.3, 0.4) is 0 Å². The van der Waals surface area contributed by atoms with E-state index in [0.717, 1.165) is 14.5 Å². The van der Waals surface area contributed by atoms with Crippen molar-refractivity contribution in [1.82, 2.24) is 19.6 Å². The second kappa shape index (κ2) is 5.92. The zero-order valence-electron chi connectivity index (χ0n) is 13.0. The second-order valence-corrected chi connectivity index (χ2v) is 6.58. The van der Waals surface area contributed by atoms with Crippen molar-refractivity contribution in [1.29, 1.82) is 0 Å². The summed E-state index contributed by atoms with van der Waals surface area (Å²) in [5.74, 6) is 1.57. The van der Waals surface area contributed by atoms with Crippen molar-refractivity contribution >= 4 is 50.8 Å². The van der Waals surface area contributed by atoms with Gasteiger partial charge in [-0.25, -0.2) is 0 Å². The molecule has 0 atom stereocenters. The van der Waals surface area contributed by atoms with Gasteiger partial charge in [0.2, 0.25) is 0 Å². The largest absolute Gasteiger partial charge is 0.372 e. The molecule has 0 bridgehead atoms. The summed E-state index contributed by atoms with van der Waals surface area (Å²) in [7, 11) is 1.75. The molecule has 0 saturated heterocycles. The van der Waals surface area contributed by atoms with E-state index in [1.54, 1.807) is 17.5 Å². The van der Waals surface area contributed by atoms with Crippen molar-refractivity contribution < 1.29 is 4.92 Å². The summed E-state index contributed by atoms with van der Waals surface area (Å²) in [6.07, 6.45) is 0. The van der Waals surface area contributed by atoms with E-state index >= 15 is 0 Å². The van der Waals surface area contributed by atoms with E-state index in [4.69, 9.17) is 0 Å². The minimum Gasteiger partial charge on any atom is -0.372 e. The summed E-state index contributed by atoms with van der Waals surface area (Å²) < 4.78 is 2.80. The first kappa shape index (κ1) is 15.7. The van der Waals surface area contributed by atoms with E-state index in [1.807, 2.05) is 24.3 Å². The van der Waals surface area contributed by atoms with Crippen molar-refractivity contribution in [2.24, 2.45) is 0 Å². The van der Waals surface area contributed by atoms with Crippen LogP contribution in [-0.4, -0.2) is 31.6 Å². The molecule has 2 aromatic carbocycles. The molecule has 0 aliphatic carbocycles. The number of fused-ring (bicyclic) bond motifs is 3. The summed E-state index contributed by atoms with van der Waals surface area (Å²) in [6, 6.07) is 12.5.